The molecule has 29 heavy (non-hydrogen) atoms. The van der Waals surface area contributed by atoms with E-state index in [1.807, 2.05) is 12.2 Å². The van der Waals surface area contributed by atoms with Crippen molar-refractivity contribution in [1.29, 1.82) is 0 Å². The predicted molar refractivity (Wildman–Crippen MR) is 131 cm³/mol. The molecule has 0 bridgehead atoms. The summed E-state index contributed by atoms with van der Waals surface area (Å²) in [6.07, 6.45) is 10.3. The van der Waals surface area contributed by atoms with Crippen LogP contribution in [0.2, 0.25) is 0 Å². The average Bonchev–Trinajstić information content (AvgIpc) is 3.27. The van der Waals surface area contributed by atoms with Crippen molar-refractivity contribution in [3.8, 4) is 0 Å². The van der Waals surface area contributed by atoms with Crippen LogP contribution >= 0.6 is 17.0 Å². The van der Waals surface area contributed by atoms with Gasteiger partial charge in [-0.3, -0.25) is 0 Å². The highest BCUT2D eigenvalue weighted by molar-refractivity contribution is 8.93. The number of guanidine groups is 1. The number of aliphatic imine (C=N–C) groups is 1. The van der Waals surface area contributed by atoms with Crippen LogP contribution in [-0.2, 0) is 12.8 Å². The van der Waals surface area contributed by atoms with Crippen LogP contribution < -0.4 is 10.7 Å². The number of rotatable bonds is 7. The standard InChI is InChI=1S/C24H28N4.BrH/c1-3-19-5-9-21(10-6-19)13-15-23(27-28-24-25-17-18-26-24)16-14-22-11-7-20(4-2)8-12-22;/h5-16H,3-4,17-18H2,1-2H3,(H2,25,26,28);1H/b15-13+,16-14+;. The monoisotopic (exact) mass is 452 g/mol. The normalized spacial score (nSPS) is 13.1. The van der Waals surface area contributed by atoms with E-state index in [1.54, 1.807) is 0 Å². The molecule has 0 spiro atoms. The van der Waals surface area contributed by atoms with Crippen LogP contribution in [0.3, 0.4) is 0 Å². The van der Waals surface area contributed by atoms with Crippen LogP contribution in [0.5, 0.6) is 0 Å². The van der Waals surface area contributed by atoms with Gasteiger partial charge in [0, 0.05) is 6.54 Å². The van der Waals surface area contributed by atoms with E-state index in [2.05, 4.69) is 95.4 Å². The summed E-state index contributed by atoms with van der Waals surface area (Å²) in [6.45, 7) is 5.97. The van der Waals surface area contributed by atoms with Crippen molar-refractivity contribution in [3.63, 3.8) is 0 Å². The fourth-order valence-corrected chi connectivity index (χ4v) is 2.81. The molecule has 2 aromatic carbocycles. The lowest BCUT2D eigenvalue weighted by Gasteiger charge is -2.02. The van der Waals surface area contributed by atoms with E-state index in [9.17, 15) is 0 Å². The first-order valence-corrected chi connectivity index (χ1v) is 9.93. The molecule has 0 radical (unpaired) electrons. The molecule has 0 aromatic heterocycles. The van der Waals surface area contributed by atoms with Crippen molar-refractivity contribution in [2.75, 3.05) is 13.1 Å². The van der Waals surface area contributed by atoms with E-state index in [1.165, 1.54) is 11.1 Å². The van der Waals surface area contributed by atoms with Gasteiger partial charge in [0.25, 0.3) is 0 Å². The van der Waals surface area contributed by atoms with Crippen LogP contribution in [0.15, 0.2) is 70.8 Å². The minimum atomic E-state index is 0. The van der Waals surface area contributed by atoms with E-state index in [0.29, 0.717) is 0 Å². The zero-order valence-corrected chi connectivity index (χ0v) is 18.8. The Bertz CT molecular complexity index is 819. The first kappa shape index (κ1) is 22.6. The number of hydrogen-bond acceptors (Lipinski definition) is 4. The molecule has 0 unspecified atom stereocenters. The second-order valence-electron chi connectivity index (χ2n) is 6.66. The smallest absolute Gasteiger partial charge is 0.212 e. The summed E-state index contributed by atoms with van der Waals surface area (Å²) >= 11 is 0. The van der Waals surface area contributed by atoms with Crippen molar-refractivity contribution in [1.82, 2.24) is 10.7 Å². The maximum absolute atomic E-state index is 4.50. The van der Waals surface area contributed by atoms with Crippen molar-refractivity contribution >= 4 is 40.8 Å². The Morgan fingerprint density at radius 2 is 1.45 bits per heavy atom. The van der Waals surface area contributed by atoms with Gasteiger partial charge in [0.05, 0.1) is 12.3 Å². The molecule has 0 atom stereocenters. The molecule has 3 rings (SSSR count). The van der Waals surface area contributed by atoms with Gasteiger partial charge in [0.2, 0.25) is 5.96 Å². The van der Waals surface area contributed by atoms with E-state index in [-0.39, 0.29) is 17.0 Å². The number of nitrogens with zero attached hydrogens (tertiary/aromatic N) is 2. The molecule has 2 aromatic rings. The molecule has 0 fully saturated rings. The number of allylic oxidation sites excluding steroid dienone is 2. The Morgan fingerprint density at radius 1 is 0.931 bits per heavy atom. The highest BCUT2D eigenvalue weighted by atomic mass is 79.9. The van der Waals surface area contributed by atoms with Gasteiger partial charge >= 0.3 is 0 Å². The first-order valence-electron chi connectivity index (χ1n) is 9.93. The van der Waals surface area contributed by atoms with Crippen LogP contribution in [0, 0.1) is 0 Å². The summed E-state index contributed by atoms with van der Waals surface area (Å²) < 4.78 is 0. The fourth-order valence-electron chi connectivity index (χ4n) is 2.81. The van der Waals surface area contributed by atoms with Crippen molar-refractivity contribution < 1.29 is 0 Å². The summed E-state index contributed by atoms with van der Waals surface area (Å²) in [5.74, 6) is 0.721. The Kier molecular flexibility index (Phi) is 9.38. The second-order valence-corrected chi connectivity index (χ2v) is 6.66. The fraction of sp³-hybridized carbons (Fsp3) is 0.250. The lowest BCUT2D eigenvalue weighted by Crippen LogP contribution is -2.30. The maximum Gasteiger partial charge on any atom is 0.212 e. The van der Waals surface area contributed by atoms with Crippen LogP contribution in [0.25, 0.3) is 12.2 Å². The molecular weight excluding hydrogens is 424 g/mol. The van der Waals surface area contributed by atoms with Gasteiger partial charge < -0.3 is 5.32 Å². The molecule has 0 saturated heterocycles. The molecule has 152 valence electrons. The third-order valence-electron chi connectivity index (χ3n) is 4.63. The molecule has 0 aliphatic carbocycles. The Labute approximate surface area is 184 Å². The second kappa shape index (κ2) is 12.0. The number of hydrazone groups is 1. The summed E-state index contributed by atoms with van der Waals surface area (Å²) in [5, 5.41) is 7.67. The van der Waals surface area contributed by atoms with Crippen molar-refractivity contribution in [2.24, 2.45) is 10.1 Å². The van der Waals surface area contributed by atoms with Crippen molar-refractivity contribution in [2.45, 2.75) is 26.7 Å². The molecule has 4 nitrogen and oxygen atoms in total. The van der Waals surface area contributed by atoms with Gasteiger partial charge in [-0.15, -0.1) is 17.0 Å². The van der Waals surface area contributed by atoms with Gasteiger partial charge in [-0.25, -0.2) is 10.4 Å². The molecule has 2 N–H and O–H groups in total. The van der Waals surface area contributed by atoms with Gasteiger partial charge in [0.1, 0.15) is 0 Å². The maximum atomic E-state index is 4.50. The van der Waals surface area contributed by atoms with Gasteiger partial charge in [-0.1, -0.05) is 74.5 Å². The van der Waals surface area contributed by atoms with Crippen LogP contribution in [0.4, 0.5) is 0 Å². The van der Waals surface area contributed by atoms with Crippen molar-refractivity contribution in [3.05, 3.63) is 82.9 Å². The number of benzene rings is 2. The highest BCUT2D eigenvalue weighted by Crippen LogP contribution is 2.09. The molecule has 0 amide bonds. The van der Waals surface area contributed by atoms with E-state index < -0.39 is 0 Å². The van der Waals surface area contributed by atoms with E-state index in [0.717, 1.165) is 48.7 Å². The summed E-state index contributed by atoms with van der Waals surface area (Å²) in [6, 6.07) is 17.2. The molecule has 1 aliphatic rings. The molecule has 1 aliphatic heterocycles. The minimum absolute atomic E-state index is 0. The topological polar surface area (TPSA) is 48.8 Å². The van der Waals surface area contributed by atoms with Gasteiger partial charge in [-0.05, 0) is 47.2 Å². The zero-order valence-electron chi connectivity index (χ0n) is 17.1. The predicted octanol–water partition coefficient (Wildman–Crippen LogP) is 5.02. The Hall–Kier alpha value is -2.66. The number of hydrogen-bond donors (Lipinski definition) is 2. The summed E-state index contributed by atoms with van der Waals surface area (Å²) in [4.78, 5) is 4.32. The Morgan fingerprint density at radius 3 is 1.86 bits per heavy atom. The lowest BCUT2D eigenvalue weighted by molar-refractivity contribution is 0.918. The molecule has 5 heteroatoms. The van der Waals surface area contributed by atoms with Gasteiger partial charge in [-0.2, -0.15) is 5.10 Å². The number of aryl methyl sites for hydroxylation is 2. The number of halogens is 1. The third kappa shape index (κ3) is 7.35. The van der Waals surface area contributed by atoms with Gasteiger partial charge in [0.15, 0.2) is 0 Å². The quantitative estimate of drug-likeness (QED) is 0.457. The van der Waals surface area contributed by atoms with E-state index >= 15 is 0 Å². The SMILES string of the molecule is Br.CCc1ccc(/C=C/C(/C=C/c2ccc(CC)cc2)=NNC2=NCCN2)cc1. The first-order chi connectivity index (χ1) is 13.8. The molecular formula is C24H29BrN4. The largest absolute Gasteiger partial charge is 0.353 e. The molecule has 0 saturated carbocycles. The minimum Gasteiger partial charge on any atom is -0.353 e. The van der Waals surface area contributed by atoms with Crippen LogP contribution in [0.1, 0.15) is 36.1 Å². The number of nitrogens with one attached hydrogen (secondary N) is 2. The third-order valence-corrected chi connectivity index (χ3v) is 4.63. The lowest BCUT2D eigenvalue weighted by atomic mass is 10.1. The van der Waals surface area contributed by atoms with E-state index in [4.69, 9.17) is 0 Å². The zero-order chi connectivity index (χ0) is 19.6. The Balaban J connectivity index is 0.00000300. The summed E-state index contributed by atoms with van der Waals surface area (Å²) in [7, 11) is 0. The average molecular weight is 453 g/mol. The molecule has 1 heterocycles. The highest BCUT2D eigenvalue weighted by Gasteiger charge is 2.02. The van der Waals surface area contributed by atoms with Crippen LogP contribution in [-0.4, -0.2) is 24.8 Å². The summed E-state index contributed by atoms with van der Waals surface area (Å²) in [5.41, 5.74) is 8.84.